The van der Waals surface area contributed by atoms with Gasteiger partial charge in [0.15, 0.2) is 0 Å². The zero-order chi connectivity index (χ0) is 81.9. The molecule has 6 unspecified atom stereocenters. The van der Waals surface area contributed by atoms with E-state index in [1.807, 2.05) is 0 Å². The Morgan fingerprint density at radius 2 is 0.550 bits per heavy atom. The molecular weight excluding hydrogens is 1460 g/mol. The van der Waals surface area contributed by atoms with Crippen molar-refractivity contribution < 1.29 is 145 Å². The Labute approximate surface area is 629 Å². The first-order chi connectivity index (χ1) is 51.7. The maximum atomic E-state index is 12.9. The standard InChI is InChI=1S/C65H110N14O30/c1-42(62(96)78(5)44(3)60(94)72-40-56(88)70-38-54(86)66-18-14-50(82)76-46(64(98)99)10-12-58(90)91)74-52(84)16-22-102-26-30-106-34-36-108-32-28-104-24-20-68-48(80)8-7-9-49(81)69-21-25-105-29-33-109-37-35-107-31-27-103-23-17-53(85)75-43(2)63(97)79(6)45(4)61(95)73-41-57(89)71-39-55(87)67-19-15-51(83)77-47(65(100)101)11-13-59(92)93/h42-47H,7-41H2,1-6H3,(H,66,86)(H,67,87)(H,68,80)(H,69,81)(H,70,88)(H,71,89)(H,72,94)(H,73,95)(H,74,84)(H,75,85)(H,76,82)(H,77,83)(H,90,91)(H,92,93)(H,98,99)(H,100,101). The van der Waals surface area contributed by atoms with E-state index in [0.717, 1.165) is 9.80 Å². The van der Waals surface area contributed by atoms with Gasteiger partial charge in [-0.15, -0.1) is 0 Å². The number of amides is 14. The van der Waals surface area contributed by atoms with Crippen molar-refractivity contribution in [1.29, 1.82) is 0 Å². The van der Waals surface area contributed by atoms with Gasteiger partial charge in [-0.3, -0.25) is 76.7 Å². The number of carboxylic acid groups (broad SMARTS) is 4. The van der Waals surface area contributed by atoms with Crippen molar-refractivity contribution in [2.75, 3.05) is 172 Å². The second kappa shape index (κ2) is 61.1. The van der Waals surface area contributed by atoms with Gasteiger partial charge in [-0.25, -0.2) is 9.59 Å². The number of nitrogens with one attached hydrogen (secondary N) is 12. The van der Waals surface area contributed by atoms with Gasteiger partial charge in [0.2, 0.25) is 82.7 Å². The first kappa shape index (κ1) is 99.1. The number of hydrogen-bond donors (Lipinski definition) is 16. The summed E-state index contributed by atoms with van der Waals surface area (Å²) in [7, 11) is 2.67. The number of ether oxygens (including phenoxy) is 8. The maximum Gasteiger partial charge on any atom is 0.326 e. The van der Waals surface area contributed by atoms with Crippen LogP contribution in [-0.2, 0) is 124 Å². The van der Waals surface area contributed by atoms with E-state index >= 15 is 0 Å². The van der Waals surface area contributed by atoms with E-state index in [1.54, 1.807) is 0 Å². The van der Waals surface area contributed by atoms with Crippen LogP contribution in [0.2, 0.25) is 0 Å². The number of carbonyl (C=O) groups is 18. The quantitative estimate of drug-likeness (QED) is 0.0252. The van der Waals surface area contributed by atoms with Crippen LogP contribution < -0.4 is 63.8 Å². The monoisotopic (exact) mass is 1570 g/mol. The number of nitrogens with zero attached hydrogens (tertiary/aromatic N) is 2. The van der Waals surface area contributed by atoms with Gasteiger partial charge >= 0.3 is 23.9 Å². The molecule has 0 aliphatic rings. The molecule has 0 spiro atoms. The van der Waals surface area contributed by atoms with Crippen LogP contribution in [0.3, 0.4) is 0 Å². The van der Waals surface area contributed by atoms with Crippen molar-refractivity contribution in [2.45, 2.75) is 135 Å². The number of aliphatic carboxylic acids is 4. The third-order valence-corrected chi connectivity index (χ3v) is 14.9. The number of likely N-dealkylation sites (N-methyl/N-ethyl adjacent to an activating group) is 2. The fourth-order valence-electron chi connectivity index (χ4n) is 8.51. The molecule has 44 heteroatoms. The second-order valence-electron chi connectivity index (χ2n) is 23.8. The van der Waals surface area contributed by atoms with Gasteiger partial charge in [-0.1, -0.05) is 0 Å². The Balaban J connectivity index is 3.87. The lowest BCUT2D eigenvalue weighted by molar-refractivity contribution is -0.144. The molecule has 44 nitrogen and oxygen atoms in total. The normalized spacial score (nSPS) is 12.5. The van der Waals surface area contributed by atoms with Crippen LogP contribution in [-0.4, -0.2) is 345 Å². The molecule has 0 aromatic carbocycles. The van der Waals surface area contributed by atoms with Gasteiger partial charge in [-0.2, -0.15) is 0 Å². The number of carboxylic acids is 4. The van der Waals surface area contributed by atoms with Crippen LogP contribution in [0, 0.1) is 0 Å². The van der Waals surface area contributed by atoms with Gasteiger partial charge in [-0.05, 0) is 47.0 Å². The number of hydrogen-bond acceptors (Lipinski definition) is 26. The van der Waals surface area contributed by atoms with Crippen LogP contribution >= 0.6 is 0 Å². The minimum atomic E-state index is -1.42. The third kappa shape index (κ3) is 53.6. The highest BCUT2D eigenvalue weighted by Gasteiger charge is 2.30. The molecule has 0 radical (unpaired) electrons. The molecule has 0 saturated carbocycles. The Bertz CT molecular complexity index is 2710. The lowest BCUT2D eigenvalue weighted by Crippen LogP contribution is -2.53. The molecule has 0 aromatic heterocycles. The van der Waals surface area contributed by atoms with Crippen molar-refractivity contribution in [3.05, 3.63) is 0 Å². The van der Waals surface area contributed by atoms with Gasteiger partial charge in [0.05, 0.1) is 132 Å². The van der Waals surface area contributed by atoms with E-state index in [9.17, 15) is 86.3 Å². The van der Waals surface area contributed by atoms with Crippen LogP contribution in [0.1, 0.15) is 98.3 Å². The minimum absolute atomic E-state index is 0.0332. The predicted octanol–water partition coefficient (Wildman–Crippen LogP) is -7.65. The van der Waals surface area contributed by atoms with E-state index in [0.29, 0.717) is 6.42 Å². The van der Waals surface area contributed by atoms with Crippen molar-refractivity contribution in [3.63, 3.8) is 0 Å². The first-order valence-corrected chi connectivity index (χ1v) is 35.1. The Hall–Kier alpha value is -9.86. The zero-order valence-corrected chi connectivity index (χ0v) is 62.5. The first-order valence-electron chi connectivity index (χ1n) is 35.1. The van der Waals surface area contributed by atoms with Crippen molar-refractivity contribution in [1.82, 2.24) is 73.6 Å². The lowest BCUT2D eigenvalue weighted by atomic mass is 10.1. The Morgan fingerprint density at radius 1 is 0.284 bits per heavy atom. The van der Waals surface area contributed by atoms with E-state index in [2.05, 4.69) is 63.8 Å². The summed E-state index contributed by atoms with van der Waals surface area (Å²) in [6.07, 6.45) is -1.77. The summed E-state index contributed by atoms with van der Waals surface area (Å²) in [4.78, 5) is 219. The second-order valence-corrected chi connectivity index (χ2v) is 23.8. The summed E-state index contributed by atoms with van der Waals surface area (Å²) < 4.78 is 43.6. The van der Waals surface area contributed by atoms with Gasteiger partial charge in [0, 0.05) is 91.6 Å². The molecule has 16 N–H and O–H groups in total. The molecule has 109 heavy (non-hydrogen) atoms. The highest BCUT2D eigenvalue weighted by molar-refractivity contribution is 5.95. The van der Waals surface area contributed by atoms with E-state index in [1.165, 1.54) is 41.8 Å². The molecule has 0 bridgehead atoms. The molecule has 6 atom stereocenters. The summed E-state index contributed by atoms with van der Waals surface area (Å²) >= 11 is 0. The molecular formula is C65H110N14O30. The van der Waals surface area contributed by atoms with Crippen molar-refractivity contribution in [3.8, 4) is 0 Å². The smallest absolute Gasteiger partial charge is 0.326 e. The Morgan fingerprint density at radius 3 is 0.853 bits per heavy atom. The molecule has 0 rings (SSSR count). The highest BCUT2D eigenvalue weighted by Crippen LogP contribution is 2.05. The summed E-state index contributed by atoms with van der Waals surface area (Å²) in [5, 5.41) is 64.5. The van der Waals surface area contributed by atoms with Crippen molar-refractivity contribution in [2.24, 2.45) is 0 Å². The molecule has 0 saturated heterocycles. The highest BCUT2D eigenvalue weighted by atomic mass is 16.6. The van der Waals surface area contributed by atoms with Crippen LogP contribution in [0.5, 0.6) is 0 Å². The molecule has 0 aromatic rings. The molecule has 0 aliphatic heterocycles. The topological polar surface area (TPSA) is 613 Å². The summed E-state index contributed by atoms with van der Waals surface area (Å²) in [5.41, 5.74) is 0. The SMILES string of the molecule is CC(NC(=O)CCOCCOCCOCCOCCNC(=O)CCCC(=O)NCCOCCOCCOCCOCCC(=O)NC(C)C(=O)N(C)C(C)C(=O)NCC(=O)NCC(=O)NCCC(=O)NC(CCC(=O)O)C(=O)O)C(=O)N(C)C(C)C(=O)NCC(=O)NCC(=O)NCCC(=O)NC(CCC(=O)O)C(=O)O. The largest absolute Gasteiger partial charge is 0.481 e. The van der Waals surface area contributed by atoms with Crippen LogP contribution in [0.4, 0.5) is 0 Å². The van der Waals surface area contributed by atoms with Gasteiger partial charge in [0.25, 0.3) is 0 Å². The van der Waals surface area contributed by atoms with E-state index < -0.39 is 170 Å². The summed E-state index contributed by atoms with van der Waals surface area (Å²) in [6.45, 7) is 7.22. The maximum absolute atomic E-state index is 12.9. The van der Waals surface area contributed by atoms with Crippen LogP contribution in [0.25, 0.3) is 0 Å². The third-order valence-electron chi connectivity index (χ3n) is 14.9. The molecule has 0 aliphatic carbocycles. The van der Waals surface area contributed by atoms with E-state index in [-0.39, 0.29) is 195 Å². The molecule has 0 heterocycles. The Kier molecular flexibility index (Phi) is 55.5. The fraction of sp³-hybridized carbons (Fsp3) is 0.723. The molecule has 14 amide bonds. The molecule has 620 valence electrons. The number of carbonyl (C=O) groups excluding carboxylic acids is 14. The predicted molar refractivity (Wildman–Crippen MR) is 375 cm³/mol. The zero-order valence-electron chi connectivity index (χ0n) is 62.5. The number of rotatable bonds is 66. The fourth-order valence-corrected chi connectivity index (χ4v) is 8.51. The summed E-state index contributed by atoms with van der Waals surface area (Å²) in [5.74, 6) is -13.7. The van der Waals surface area contributed by atoms with Crippen molar-refractivity contribution >= 4 is 107 Å². The average Bonchev–Trinajstić information content (AvgIpc) is 0.870. The summed E-state index contributed by atoms with van der Waals surface area (Å²) in [6, 6.07) is -7.00. The van der Waals surface area contributed by atoms with Gasteiger partial charge < -0.3 is 132 Å². The average molecular weight is 1570 g/mol. The minimum Gasteiger partial charge on any atom is -0.481 e. The van der Waals surface area contributed by atoms with Crippen LogP contribution in [0.15, 0.2) is 0 Å². The van der Waals surface area contributed by atoms with Gasteiger partial charge in [0.1, 0.15) is 36.3 Å². The lowest BCUT2D eigenvalue weighted by Gasteiger charge is -2.27. The van der Waals surface area contributed by atoms with E-state index in [4.69, 9.17) is 58.3 Å². The molecule has 0 fully saturated rings.